The standard InChI is InChI=1S/C15H28N4O2/c1-4-17(5-2)14(21)19-10-8-18(9-11-19)13(20)15(3)6-7-16-12-15/h16H,4-12H2,1-3H3. The molecule has 0 aromatic rings. The Bertz CT molecular complexity index is 381. The van der Waals surface area contributed by atoms with Crippen molar-refractivity contribution in [2.75, 3.05) is 52.4 Å². The van der Waals surface area contributed by atoms with Gasteiger partial charge in [-0.25, -0.2) is 4.79 Å². The Morgan fingerprint density at radius 1 is 1.10 bits per heavy atom. The van der Waals surface area contributed by atoms with E-state index in [1.807, 2.05) is 35.5 Å². The number of piperazine rings is 1. The Labute approximate surface area is 127 Å². The predicted molar refractivity (Wildman–Crippen MR) is 82.1 cm³/mol. The molecule has 6 nitrogen and oxygen atoms in total. The van der Waals surface area contributed by atoms with Crippen LogP contribution in [0.15, 0.2) is 0 Å². The SMILES string of the molecule is CCN(CC)C(=O)N1CCN(C(=O)C2(C)CCNC2)CC1. The van der Waals surface area contributed by atoms with Crippen LogP contribution >= 0.6 is 0 Å². The van der Waals surface area contributed by atoms with Crippen molar-refractivity contribution in [3.05, 3.63) is 0 Å². The van der Waals surface area contributed by atoms with Crippen LogP contribution in [0.25, 0.3) is 0 Å². The van der Waals surface area contributed by atoms with Gasteiger partial charge in [0, 0.05) is 45.8 Å². The molecule has 2 heterocycles. The quantitative estimate of drug-likeness (QED) is 0.829. The molecule has 2 aliphatic rings. The summed E-state index contributed by atoms with van der Waals surface area (Å²) in [7, 11) is 0. The van der Waals surface area contributed by atoms with Crippen molar-refractivity contribution in [2.45, 2.75) is 27.2 Å². The molecule has 0 bridgehead atoms. The van der Waals surface area contributed by atoms with Gasteiger partial charge in [-0.3, -0.25) is 4.79 Å². The van der Waals surface area contributed by atoms with Crippen molar-refractivity contribution in [3.63, 3.8) is 0 Å². The second kappa shape index (κ2) is 6.64. The molecule has 0 aromatic carbocycles. The normalized spacial score (nSPS) is 26.0. The second-order valence-electron chi connectivity index (χ2n) is 6.22. The minimum Gasteiger partial charge on any atom is -0.339 e. The molecule has 2 saturated heterocycles. The van der Waals surface area contributed by atoms with Gasteiger partial charge in [-0.05, 0) is 33.7 Å². The maximum atomic E-state index is 12.6. The lowest BCUT2D eigenvalue weighted by Crippen LogP contribution is -2.56. The van der Waals surface area contributed by atoms with E-state index in [-0.39, 0.29) is 17.4 Å². The van der Waals surface area contributed by atoms with Crippen molar-refractivity contribution in [2.24, 2.45) is 5.41 Å². The molecule has 0 saturated carbocycles. The highest BCUT2D eigenvalue weighted by molar-refractivity contribution is 5.83. The third-order valence-corrected chi connectivity index (χ3v) is 4.76. The fourth-order valence-electron chi connectivity index (χ4n) is 3.18. The third-order valence-electron chi connectivity index (χ3n) is 4.76. The number of carbonyl (C=O) groups excluding carboxylic acids is 2. The molecule has 2 rings (SSSR count). The first-order valence-corrected chi connectivity index (χ1v) is 8.05. The van der Waals surface area contributed by atoms with E-state index in [1.54, 1.807) is 0 Å². The third kappa shape index (κ3) is 3.31. The van der Waals surface area contributed by atoms with Crippen molar-refractivity contribution >= 4 is 11.9 Å². The molecule has 120 valence electrons. The number of nitrogens with one attached hydrogen (secondary N) is 1. The lowest BCUT2D eigenvalue weighted by molar-refractivity contribution is -0.141. The van der Waals surface area contributed by atoms with Gasteiger partial charge < -0.3 is 20.0 Å². The van der Waals surface area contributed by atoms with Crippen LogP contribution in [0, 0.1) is 5.41 Å². The van der Waals surface area contributed by atoms with E-state index in [0.717, 1.165) is 32.6 Å². The molecule has 0 radical (unpaired) electrons. The molecular formula is C15H28N4O2. The highest BCUT2D eigenvalue weighted by Gasteiger charge is 2.40. The van der Waals surface area contributed by atoms with E-state index in [0.29, 0.717) is 26.2 Å². The van der Waals surface area contributed by atoms with Crippen molar-refractivity contribution in [1.82, 2.24) is 20.0 Å². The molecule has 1 unspecified atom stereocenters. The minimum absolute atomic E-state index is 0.0980. The van der Waals surface area contributed by atoms with E-state index < -0.39 is 0 Å². The lowest BCUT2D eigenvalue weighted by Gasteiger charge is -2.39. The van der Waals surface area contributed by atoms with Crippen molar-refractivity contribution < 1.29 is 9.59 Å². The number of urea groups is 1. The summed E-state index contributed by atoms with van der Waals surface area (Å²) < 4.78 is 0. The van der Waals surface area contributed by atoms with Crippen LogP contribution in [0.2, 0.25) is 0 Å². The van der Waals surface area contributed by atoms with Crippen molar-refractivity contribution in [1.29, 1.82) is 0 Å². The van der Waals surface area contributed by atoms with E-state index in [4.69, 9.17) is 0 Å². The molecule has 3 amide bonds. The van der Waals surface area contributed by atoms with E-state index in [2.05, 4.69) is 5.32 Å². The van der Waals surface area contributed by atoms with E-state index >= 15 is 0 Å². The van der Waals surface area contributed by atoms with Crippen LogP contribution in [-0.2, 0) is 4.79 Å². The van der Waals surface area contributed by atoms with E-state index in [9.17, 15) is 9.59 Å². The smallest absolute Gasteiger partial charge is 0.320 e. The van der Waals surface area contributed by atoms with E-state index in [1.165, 1.54) is 0 Å². The summed E-state index contributed by atoms with van der Waals surface area (Å²) in [4.78, 5) is 30.5. The summed E-state index contributed by atoms with van der Waals surface area (Å²) in [6.45, 7) is 11.8. The molecule has 2 fully saturated rings. The van der Waals surface area contributed by atoms with Crippen LogP contribution in [0.3, 0.4) is 0 Å². The molecule has 2 aliphatic heterocycles. The minimum atomic E-state index is -0.259. The van der Waals surface area contributed by atoms with Gasteiger partial charge in [-0.15, -0.1) is 0 Å². The zero-order valence-electron chi connectivity index (χ0n) is 13.5. The number of carbonyl (C=O) groups is 2. The van der Waals surface area contributed by atoms with Crippen LogP contribution in [-0.4, -0.2) is 79.0 Å². The Balaban J connectivity index is 1.88. The number of nitrogens with zero attached hydrogens (tertiary/aromatic N) is 3. The van der Waals surface area contributed by atoms with Crippen LogP contribution < -0.4 is 5.32 Å². The number of rotatable bonds is 3. The fourth-order valence-corrected chi connectivity index (χ4v) is 3.18. The van der Waals surface area contributed by atoms with Gasteiger partial charge in [0.25, 0.3) is 0 Å². The summed E-state index contributed by atoms with van der Waals surface area (Å²) in [5.74, 6) is 0.238. The molecule has 21 heavy (non-hydrogen) atoms. The predicted octanol–water partition coefficient (Wildman–Crippen LogP) is 0.592. The van der Waals surface area contributed by atoms with Gasteiger partial charge >= 0.3 is 6.03 Å². The number of amides is 3. The first kappa shape index (κ1) is 16.1. The van der Waals surface area contributed by atoms with Gasteiger partial charge in [0.1, 0.15) is 0 Å². The highest BCUT2D eigenvalue weighted by Crippen LogP contribution is 2.27. The lowest BCUT2D eigenvalue weighted by atomic mass is 9.88. The van der Waals surface area contributed by atoms with Gasteiger partial charge in [-0.2, -0.15) is 0 Å². The summed E-state index contributed by atoms with van der Waals surface area (Å²) >= 11 is 0. The number of hydrogen-bond acceptors (Lipinski definition) is 3. The van der Waals surface area contributed by atoms with Gasteiger partial charge in [0.15, 0.2) is 0 Å². The maximum absolute atomic E-state index is 12.6. The Morgan fingerprint density at radius 3 is 2.14 bits per heavy atom. The fraction of sp³-hybridized carbons (Fsp3) is 0.867. The summed E-state index contributed by atoms with van der Waals surface area (Å²) in [6.07, 6.45) is 0.907. The second-order valence-corrected chi connectivity index (χ2v) is 6.22. The molecular weight excluding hydrogens is 268 g/mol. The highest BCUT2D eigenvalue weighted by atomic mass is 16.2. The van der Waals surface area contributed by atoms with Crippen LogP contribution in [0.1, 0.15) is 27.2 Å². The molecule has 0 aliphatic carbocycles. The molecule has 1 N–H and O–H groups in total. The average Bonchev–Trinajstić information content (AvgIpc) is 2.96. The molecule has 0 aromatic heterocycles. The van der Waals surface area contributed by atoms with Crippen LogP contribution in [0.4, 0.5) is 4.79 Å². The average molecular weight is 296 g/mol. The van der Waals surface area contributed by atoms with Gasteiger partial charge in [-0.1, -0.05) is 0 Å². The largest absolute Gasteiger partial charge is 0.339 e. The topological polar surface area (TPSA) is 55.9 Å². The first-order valence-electron chi connectivity index (χ1n) is 8.05. The maximum Gasteiger partial charge on any atom is 0.320 e. The number of hydrogen-bond donors (Lipinski definition) is 1. The monoisotopic (exact) mass is 296 g/mol. The Morgan fingerprint density at radius 2 is 1.67 bits per heavy atom. The first-order chi connectivity index (χ1) is 10.0. The van der Waals surface area contributed by atoms with Crippen molar-refractivity contribution in [3.8, 4) is 0 Å². The summed E-state index contributed by atoms with van der Waals surface area (Å²) in [5, 5.41) is 3.27. The van der Waals surface area contributed by atoms with Gasteiger partial charge in [0.05, 0.1) is 5.41 Å². The molecule has 6 heteroatoms. The zero-order valence-corrected chi connectivity index (χ0v) is 13.5. The van der Waals surface area contributed by atoms with Gasteiger partial charge in [0.2, 0.25) is 5.91 Å². The summed E-state index contributed by atoms with van der Waals surface area (Å²) in [5.41, 5.74) is -0.259. The van der Waals surface area contributed by atoms with Crippen LogP contribution in [0.5, 0.6) is 0 Å². The Kier molecular flexibility index (Phi) is 5.08. The molecule has 0 spiro atoms. The zero-order chi connectivity index (χ0) is 15.5. The molecule has 1 atom stereocenters. The summed E-state index contributed by atoms with van der Waals surface area (Å²) in [6, 6.07) is 0.0980. The Hall–Kier alpha value is -1.30.